The molecule has 1 aromatic heterocycles. The summed E-state index contributed by atoms with van der Waals surface area (Å²) in [5, 5.41) is 10.2. The van der Waals surface area contributed by atoms with Gasteiger partial charge in [-0.15, -0.1) is 0 Å². The van der Waals surface area contributed by atoms with Gasteiger partial charge in [-0.05, 0) is 32.2 Å². The largest absolute Gasteiger partial charge is 0.313 e. The summed E-state index contributed by atoms with van der Waals surface area (Å²) in [6, 6.07) is 0. The van der Waals surface area contributed by atoms with Crippen molar-refractivity contribution in [2.75, 3.05) is 13.1 Å². The predicted octanol–water partition coefficient (Wildman–Crippen LogP) is 1.51. The molecule has 14 heavy (non-hydrogen) atoms. The number of hydrogen-bond acceptors (Lipinski definition) is 3. The first-order valence-corrected chi connectivity index (χ1v) is 4.72. The molecule has 1 aromatic rings. The molecular weight excluding hydrogens is 176 g/mol. The molecule has 0 spiro atoms. The summed E-state index contributed by atoms with van der Waals surface area (Å²) in [7, 11) is 0. The van der Waals surface area contributed by atoms with Crippen LogP contribution in [0.4, 0.5) is 5.82 Å². The predicted molar refractivity (Wildman–Crippen MR) is 57.9 cm³/mol. The highest BCUT2D eigenvalue weighted by Crippen LogP contribution is 2.29. The molecule has 0 aliphatic carbocycles. The van der Waals surface area contributed by atoms with E-state index in [2.05, 4.69) is 34.1 Å². The van der Waals surface area contributed by atoms with Gasteiger partial charge in [0.05, 0.1) is 6.20 Å². The number of aliphatic imine (C=N–C) groups is 1. The minimum atomic E-state index is 0.779. The van der Waals surface area contributed by atoms with Gasteiger partial charge in [-0.1, -0.05) is 5.57 Å². The summed E-state index contributed by atoms with van der Waals surface area (Å²) in [6.45, 7) is 7.64. The van der Waals surface area contributed by atoms with Gasteiger partial charge in [0.2, 0.25) is 0 Å². The molecule has 4 heteroatoms. The Morgan fingerprint density at radius 3 is 3.14 bits per heavy atom. The molecule has 0 saturated carbocycles. The molecule has 0 radical (unpaired) electrons. The van der Waals surface area contributed by atoms with Crippen LogP contribution in [-0.4, -0.2) is 30.0 Å². The smallest absolute Gasteiger partial charge is 0.154 e. The van der Waals surface area contributed by atoms with Crippen molar-refractivity contribution < 1.29 is 0 Å². The lowest BCUT2D eigenvalue weighted by atomic mass is 9.97. The molecule has 74 valence electrons. The molecule has 0 aromatic carbocycles. The standard InChI is InChI=1S/C10H14N4/c1-7-5-12-4-3-8(7)9-6-13-14-10(9)11-2/h6,12H,2-5H2,1H3,(H,13,14). The summed E-state index contributed by atoms with van der Waals surface area (Å²) < 4.78 is 0. The number of hydrogen-bond donors (Lipinski definition) is 2. The van der Waals surface area contributed by atoms with E-state index < -0.39 is 0 Å². The Morgan fingerprint density at radius 1 is 1.57 bits per heavy atom. The van der Waals surface area contributed by atoms with E-state index in [0.29, 0.717) is 0 Å². The van der Waals surface area contributed by atoms with Crippen LogP contribution in [0.2, 0.25) is 0 Å². The fourth-order valence-corrected chi connectivity index (χ4v) is 1.79. The number of nitrogens with zero attached hydrogens (tertiary/aromatic N) is 2. The van der Waals surface area contributed by atoms with E-state index in [4.69, 9.17) is 0 Å². The van der Waals surface area contributed by atoms with Gasteiger partial charge in [-0.3, -0.25) is 5.10 Å². The minimum absolute atomic E-state index is 0.779. The lowest BCUT2D eigenvalue weighted by molar-refractivity contribution is 0.714. The molecule has 0 fully saturated rings. The molecule has 0 amide bonds. The zero-order chi connectivity index (χ0) is 9.97. The van der Waals surface area contributed by atoms with Crippen LogP contribution in [0.25, 0.3) is 5.57 Å². The highest BCUT2D eigenvalue weighted by molar-refractivity contribution is 5.76. The molecule has 0 unspecified atom stereocenters. The molecule has 1 aliphatic heterocycles. The van der Waals surface area contributed by atoms with Crippen LogP contribution in [-0.2, 0) is 0 Å². The van der Waals surface area contributed by atoms with E-state index in [1.54, 1.807) is 0 Å². The topological polar surface area (TPSA) is 53.1 Å². The summed E-state index contributed by atoms with van der Waals surface area (Å²) in [5.41, 5.74) is 3.81. The van der Waals surface area contributed by atoms with Gasteiger partial charge in [0, 0.05) is 12.1 Å². The van der Waals surface area contributed by atoms with Crippen LogP contribution in [0.1, 0.15) is 18.9 Å². The third-order valence-corrected chi connectivity index (χ3v) is 2.56. The van der Waals surface area contributed by atoms with Gasteiger partial charge in [-0.2, -0.15) is 5.10 Å². The van der Waals surface area contributed by atoms with Crippen molar-refractivity contribution in [1.82, 2.24) is 15.5 Å². The Bertz CT molecular complexity index is 375. The highest BCUT2D eigenvalue weighted by atomic mass is 15.2. The number of H-pyrrole nitrogens is 1. The van der Waals surface area contributed by atoms with Gasteiger partial charge < -0.3 is 5.32 Å². The number of rotatable bonds is 2. The number of aromatic amines is 1. The van der Waals surface area contributed by atoms with Crippen molar-refractivity contribution in [3.05, 3.63) is 17.3 Å². The van der Waals surface area contributed by atoms with E-state index in [1.165, 1.54) is 11.1 Å². The molecule has 0 bridgehead atoms. The maximum absolute atomic E-state index is 3.99. The van der Waals surface area contributed by atoms with E-state index >= 15 is 0 Å². The number of aromatic nitrogens is 2. The molecule has 0 atom stereocenters. The lowest BCUT2D eigenvalue weighted by Crippen LogP contribution is -2.23. The Hall–Kier alpha value is -1.42. The average molecular weight is 190 g/mol. The first kappa shape index (κ1) is 9.15. The first-order valence-electron chi connectivity index (χ1n) is 4.72. The fraction of sp³-hybridized carbons (Fsp3) is 0.400. The monoisotopic (exact) mass is 190 g/mol. The van der Waals surface area contributed by atoms with Gasteiger partial charge in [0.1, 0.15) is 0 Å². The molecule has 2 rings (SSSR count). The molecule has 2 heterocycles. The zero-order valence-electron chi connectivity index (χ0n) is 8.30. The Labute approximate surface area is 83.1 Å². The van der Waals surface area contributed by atoms with Crippen molar-refractivity contribution >= 4 is 18.1 Å². The first-order chi connectivity index (χ1) is 6.83. The Kier molecular flexibility index (Phi) is 2.45. The second kappa shape index (κ2) is 3.75. The molecule has 4 nitrogen and oxygen atoms in total. The third kappa shape index (κ3) is 1.48. The second-order valence-electron chi connectivity index (χ2n) is 3.48. The number of nitrogens with one attached hydrogen (secondary N) is 2. The summed E-state index contributed by atoms with van der Waals surface area (Å²) in [4.78, 5) is 3.92. The van der Waals surface area contributed by atoms with Crippen LogP contribution in [0.15, 0.2) is 16.8 Å². The van der Waals surface area contributed by atoms with Crippen LogP contribution in [0.3, 0.4) is 0 Å². The van der Waals surface area contributed by atoms with Crippen LogP contribution >= 0.6 is 0 Å². The fourth-order valence-electron chi connectivity index (χ4n) is 1.79. The van der Waals surface area contributed by atoms with Crippen LogP contribution < -0.4 is 5.32 Å². The molecule has 2 N–H and O–H groups in total. The quantitative estimate of drug-likeness (QED) is 0.694. The SMILES string of the molecule is C=Nc1[nH]ncc1C1=C(C)CNCC1. The normalized spacial score (nSPS) is 17.2. The highest BCUT2D eigenvalue weighted by Gasteiger charge is 2.14. The van der Waals surface area contributed by atoms with Gasteiger partial charge in [0.15, 0.2) is 5.82 Å². The summed E-state index contributed by atoms with van der Waals surface area (Å²) >= 11 is 0. The van der Waals surface area contributed by atoms with Gasteiger partial charge >= 0.3 is 0 Å². The van der Waals surface area contributed by atoms with Crippen molar-refractivity contribution in [3.63, 3.8) is 0 Å². The zero-order valence-corrected chi connectivity index (χ0v) is 8.30. The summed E-state index contributed by atoms with van der Waals surface area (Å²) in [5.74, 6) is 0.779. The van der Waals surface area contributed by atoms with Crippen molar-refractivity contribution in [1.29, 1.82) is 0 Å². The van der Waals surface area contributed by atoms with Crippen molar-refractivity contribution in [2.24, 2.45) is 4.99 Å². The van der Waals surface area contributed by atoms with Crippen molar-refractivity contribution in [3.8, 4) is 0 Å². The minimum Gasteiger partial charge on any atom is -0.313 e. The lowest BCUT2D eigenvalue weighted by Gasteiger charge is -2.18. The van der Waals surface area contributed by atoms with Gasteiger partial charge in [0.25, 0.3) is 0 Å². The Morgan fingerprint density at radius 2 is 2.43 bits per heavy atom. The molecule has 0 saturated heterocycles. The van der Waals surface area contributed by atoms with E-state index in [-0.39, 0.29) is 0 Å². The van der Waals surface area contributed by atoms with Crippen LogP contribution in [0.5, 0.6) is 0 Å². The van der Waals surface area contributed by atoms with Crippen LogP contribution in [0, 0.1) is 0 Å². The van der Waals surface area contributed by atoms with E-state index in [9.17, 15) is 0 Å². The third-order valence-electron chi connectivity index (χ3n) is 2.56. The molecular formula is C10H14N4. The Balaban J connectivity index is 2.42. The van der Waals surface area contributed by atoms with E-state index in [0.717, 1.165) is 30.9 Å². The second-order valence-corrected chi connectivity index (χ2v) is 3.48. The maximum Gasteiger partial charge on any atom is 0.154 e. The van der Waals surface area contributed by atoms with Gasteiger partial charge in [-0.25, -0.2) is 4.99 Å². The maximum atomic E-state index is 3.99. The van der Waals surface area contributed by atoms with E-state index in [1.807, 2.05) is 6.20 Å². The summed E-state index contributed by atoms with van der Waals surface area (Å²) in [6.07, 6.45) is 2.86. The average Bonchev–Trinajstić information content (AvgIpc) is 2.66. The molecule has 1 aliphatic rings. The van der Waals surface area contributed by atoms with Crippen molar-refractivity contribution in [2.45, 2.75) is 13.3 Å².